The van der Waals surface area contributed by atoms with Gasteiger partial charge in [0.05, 0.1) is 4.90 Å². The largest absolute Gasteiger partial charge is 0.451 e. The van der Waals surface area contributed by atoms with E-state index >= 15 is 0 Å². The lowest BCUT2D eigenvalue weighted by Crippen LogP contribution is -2.47. The zero-order chi connectivity index (χ0) is 20.4. The Labute approximate surface area is 160 Å². The topological polar surface area (TPSA) is 102 Å². The highest BCUT2D eigenvalue weighted by Gasteiger charge is 2.33. The third-order valence-electron chi connectivity index (χ3n) is 4.58. The number of ether oxygens (including phenoxy) is 1. The summed E-state index contributed by atoms with van der Waals surface area (Å²) in [5, 5.41) is 2.76. The zero-order valence-corrected chi connectivity index (χ0v) is 17.2. The van der Waals surface area contributed by atoms with Gasteiger partial charge < -0.3 is 10.1 Å². The molecule has 2 N–H and O–H groups in total. The standard InChI is InChI=1S/C19H28N2O5S/c1-11(2)17(19(23)26-14(5)18(22)20-15-7-8-15)21-27(24,25)16-9-6-12(3)13(4)10-16/h6,9-11,14-15,17,21H,7-8H2,1-5H3,(H,20,22)/t14-,17+/m0/s1. The fourth-order valence-corrected chi connectivity index (χ4v) is 3.84. The van der Waals surface area contributed by atoms with Crippen LogP contribution in [0.25, 0.3) is 0 Å². The van der Waals surface area contributed by atoms with E-state index in [0.29, 0.717) is 0 Å². The van der Waals surface area contributed by atoms with Crippen LogP contribution in [0.5, 0.6) is 0 Å². The van der Waals surface area contributed by atoms with Gasteiger partial charge in [-0.3, -0.25) is 9.59 Å². The number of hydrogen-bond acceptors (Lipinski definition) is 5. The molecule has 0 bridgehead atoms. The van der Waals surface area contributed by atoms with E-state index in [4.69, 9.17) is 4.74 Å². The van der Waals surface area contributed by atoms with E-state index in [1.54, 1.807) is 26.0 Å². The number of carbonyl (C=O) groups is 2. The van der Waals surface area contributed by atoms with Crippen molar-refractivity contribution in [1.82, 2.24) is 10.0 Å². The number of amides is 1. The average Bonchev–Trinajstić information content (AvgIpc) is 3.38. The molecule has 7 nitrogen and oxygen atoms in total. The number of esters is 1. The molecule has 1 aliphatic rings. The molecule has 1 aromatic rings. The SMILES string of the molecule is Cc1ccc(S(=O)(=O)N[C@@H](C(=O)O[C@@H](C)C(=O)NC2CC2)C(C)C)cc1C. The molecule has 0 heterocycles. The number of benzene rings is 1. The Morgan fingerprint density at radius 3 is 2.26 bits per heavy atom. The molecular formula is C19H28N2O5S. The lowest BCUT2D eigenvalue weighted by molar-refractivity contribution is -0.157. The lowest BCUT2D eigenvalue weighted by Gasteiger charge is -2.23. The van der Waals surface area contributed by atoms with E-state index in [1.165, 1.54) is 13.0 Å². The number of carbonyl (C=O) groups excluding carboxylic acids is 2. The minimum Gasteiger partial charge on any atom is -0.451 e. The maximum Gasteiger partial charge on any atom is 0.325 e. The first-order valence-electron chi connectivity index (χ1n) is 9.11. The Bertz CT molecular complexity index is 815. The molecule has 150 valence electrons. The second kappa shape index (κ2) is 8.39. The molecule has 1 aromatic carbocycles. The molecule has 2 rings (SSSR count). The molecule has 1 fully saturated rings. The second-order valence-corrected chi connectivity index (χ2v) is 9.16. The molecule has 0 radical (unpaired) electrons. The van der Waals surface area contributed by atoms with Crippen LogP contribution in [0.3, 0.4) is 0 Å². The Morgan fingerprint density at radius 2 is 1.74 bits per heavy atom. The normalized spacial score (nSPS) is 16.7. The quantitative estimate of drug-likeness (QED) is 0.653. The van der Waals surface area contributed by atoms with Crippen molar-refractivity contribution in [2.24, 2.45) is 5.92 Å². The van der Waals surface area contributed by atoms with E-state index in [1.807, 2.05) is 13.8 Å². The zero-order valence-electron chi connectivity index (χ0n) is 16.4. The summed E-state index contributed by atoms with van der Waals surface area (Å²) in [5.74, 6) is -1.49. The van der Waals surface area contributed by atoms with Gasteiger partial charge in [0.2, 0.25) is 10.0 Å². The molecule has 0 unspecified atom stereocenters. The van der Waals surface area contributed by atoms with E-state index < -0.39 is 28.1 Å². The van der Waals surface area contributed by atoms with E-state index in [2.05, 4.69) is 10.0 Å². The lowest BCUT2D eigenvalue weighted by atomic mass is 10.1. The second-order valence-electron chi connectivity index (χ2n) is 7.45. The maximum absolute atomic E-state index is 12.7. The molecule has 0 aliphatic heterocycles. The monoisotopic (exact) mass is 396 g/mol. The predicted molar refractivity (Wildman–Crippen MR) is 102 cm³/mol. The van der Waals surface area contributed by atoms with E-state index in [0.717, 1.165) is 24.0 Å². The third-order valence-corrected chi connectivity index (χ3v) is 6.02. The van der Waals surface area contributed by atoms with Crippen molar-refractivity contribution in [2.45, 2.75) is 70.5 Å². The molecule has 8 heteroatoms. The Balaban J connectivity index is 2.09. The van der Waals surface area contributed by atoms with Crippen LogP contribution in [0.15, 0.2) is 23.1 Å². The van der Waals surface area contributed by atoms with Crippen LogP contribution in [0.4, 0.5) is 0 Å². The number of sulfonamides is 1. The summed E-state index contributed by atoms with van der Waals surface area (Å²) >= 11 is 0. The predicted octanol–water partition coefficient (Wildman–Crippen LogP) is 1.82. The van der Waals surface area contributed by atoms with Gasteiger partial charge in [0.1, 0.15) is 6.04 Å². The number of aryl methyl sites for hydroxylation is 2. The summed E-state index contributed by atoms with van der Waals surface area (Å²) < 4.78 is 33.0. The fraction of sp³-hybridized carbons (Fsp3) is 0.579. The highest BCUT2D eigenvalue weighted by atomic mass is 32.2. The van der Waals surface area contributed by atoms with Crippen molar-refractivity contribution in [3.05, 3.63) is 29.3 Å². The average molecular weight is 397 g/mol. The summed E-state index contributed by atoms with van der Waals surface area (Å²) in [6.45, 7) is 8.61. The summed E-state index contributed by atoms with van der Waals surface area (Å²) in [4.78, 5) is 24.6. The van der Waals surface area contributed by atoms with E-state index in [-0.39, 0.29) is 22.8 Å². The molecule has 1 aliphatic carbocycles. The van der Waals surface area contributed by atoms with Gasteiger partial charge in [-0.15, -0.1) is 0 Å². The maximum atomic E-state index is 12.7. The Morgan fingerprint density at radius 1 is 1.11 bits per heavy atom. The molecule has 2 atom stereocenters. The van der Waals surface area contributed by atoms with Gasteiger partial charge in [-0.2, -0.15) is 4.72 Å². The summed E-state index contributed by atoms with van der Waals surface area (Å²) in [6, 6.07) is 3.85. The van der Waals surface area contributed by atoms with Crippen LogP contribution < -0.4 is 10.0 Å². The van der Waals surface area contributed by atoms with Crippen molar-refractivity contribution in [3.8, 4) is 0 Å². The molecule has 1 amide bonds. The molecule has 0 saturated heterocycles. The van der Waals surface area contributed by atoms with Gasteiger partial charge in [-0.1, -0.05) is 19.9 Å². The smallest absolute Gasteiger partial charge is 0.325 e. The van der Waals surface area contributed by atoms with Crippen molar-refractivity contribution in [1.29, 1.82) is 0 Å². The first-order chi connectivity index (χ1) is 12.5. The van der Waals surface area contributed by atoms with E-state index in [9.17, 15) is 18.0 Å². The van der Waals surface area contributed by atoms with Gasteiger partial charge in [0.25, 0.3) is 5.91 Å². The first kappa shape index (κ1) is 21.4. The summed E-state index contributed by atoms with van der Waals surface area (Å²) in [7, 11) is -3.91. The van der Waals surface area contributed by atoms with Crippen LogP contribution in [0.2, 0.25) is 0 Å². The van der Waals surface area contributed by atoms with Crippen molar-refractivity contribution >= 4 is 21.9 Å². The molecule has 1 saturated carbocycles. The van der Waals surface area contributed by atoms with Crippen LogP contribution in [0.1, 0.15) is 44.7 Å². The van der Waals surface area contributed by atoms with Crippen molar-refractivity contribution < 1.29 is 22.7 Å². The summed E-state index contributed by atoms with van der Waals surface area (Å²) in [6.07, 6.45) is 0.874. The van der Waals surface area contributed by atoms with Gasteiger partial charge in [0.15, 0.2) is 6.10 Å². The molecular weight excluding hydrogens is 368 g/mol. The Hall–Kier alpha value is -1.93. The van der Waals surface area contributed by atoms with Gasteiger partial charge in [-0.05, 0) is 62.8 Å². The molecule has 0 aromatic heterocycles. The fourth-order valence-electron chi connectivity index (χ4n) is 2.42. The molecule has 0 spiro atoms. The van der Waals surface area contributed by atoms with Gasteiger partial charge in [-0.25, -0.2) is 8.42 Å². The highest BCUT2D eigenvalue weighted by Crippen LogP contribution is 2.19. The van der Waals surface area contributed by atoms with Gasteiger partial charge >= 0.3 is 5.97 Å². The van der Waals surface area contributed by atoms with Crippen LogP contribution in [0, 0.1) is 19.8 Å². The van der Waals surface area contributed by atoms with Crippen molar-refractivity contribution in [2.75, 3.05) is 0 Å². The minimum atomic E-state index is -3.91. The first-order valence-corrected chi connectivity index (χ1v) is 10.6. The van der Waals surface area contributed by atoms with Crippen molar-refractivity contribution in [3.63, 3.8) is 0 Å². The number of nitrogens with one attached hydrogen (secondary N) is 2. The van der Waals surface area contributed by atoms with Crippen LogP contribution >= 0.6 is 0 Å². The third kappa shape index (κ3) is 5.77. The number of rotatable bonds is 8. The molecule has 27 heavy (non-hydrogen) atoms. The van der Waals surface area contributed by atoms with Crippen LogP contribution in [-0.4, -0.2) is 38.5 Å². The Kier molecular flexibility index (Phi) is 6.64. The van der Waals surface area contributed by atoms with Crippen LogP contribution in [-0.2, 0) is 24.3 Å². The minimum absolute atomic E-state index is 0.0866. The summed E-state index contributed by atoms with van der Waals surface area (Å²) in [5.41, 5.74) is 1.82. The number of hydrogen-bond donors (Lipinski definition) is 2. The van der Waals surface area contributed by atoms with Gasteiger partial charge in [0, 0.05) is 6.04 Å². The highest BCUT2D eigenvalue weighted by molar-refractivity contribution is 7.89.